The molecule has 0 unspecified atom stereocenters. The third-order valence-electron chi connectivity index (χ3n) is 4.39. The van der Waals surface area contributed by atoms with Gasteiger partial charge in [-0.3, -0.25) is 5.32 Å². The molecule has 0 aliphatic carbocycles. The number of carbonyl (C=O) groups excluding carboxylic acids is 1. The highest BCUT2D eigenvalue weighted by molar-refractivity contribution is 14.0. The fraction of sp³-hybridized carbons (Fsp3) is 0.542. The lowest BCUT2D eigenvalue weighted by Crippen LogP contribution is -2.38. The number of aromatic nitrogens is 2. The second kappa shape index (κ2) is 14.1. The predicted octanol–water partition coefficient (Wildman–Crippen LogP) is 4.80. The van der Waals surface area contributed by atoms with Crippen LogP contribution in [0.3, 0.4) is 0 Å². The molecule has 0 fully saturated rings. The van der Waals surface area contributed by atoms with Crippen LogP contribution < -0.4 is 16.0 Å². The average molecular weight is 571 g/mol. The quantitative estimate of drug-likeness (QED) is 0.229. The van der Waals surface area contributed by atoms with Crippen LogP contribution >= 0.6 is 24.0 Å². The van der Waals surface area contributed by atoms with Crippen LogP contribution in [0.5, 0.6) is 0 Å². The van der Waals surface area contributed by atoms with Crippen molar-refractivity contribution >= 4 is 41.7 Å². The molecule has 2 rings (SSSR count). The zero-order valence-corrected chi connectivity index (χ0v) is 23.0. The molecule has 0 saturated heterocycles. The maximum Gasteiger partial charge on any atom is 0.412 e. The summed E-state index contributed by atoms with van der Waals surface area (Å²) in [5, 5.41) is 9.41. The molecule has 2 aromatic rings. The van der Waals surface area contributed by atoms with E-state index in [1.165, 1.54) is 0 Å². The molecule has 0 saturated carbocycles. The summed E-state index contributed by atoms with van der Waals surface area (Å²) >= 11 is 0. The van der Waals surface area contributed by atoms with Gasteiger partial charge >= 0.3 is 6.09 Å². The lowest BCUT2D eigenvalue weighted by molar-refractivity contribution is 0.0636. The van der Waals surface area contributed by atoms with Gasteiger partial charge in [-0.1, -0.05) is 26.0 Å². The number of rotatable bonds is 9. The molecule has 0 spiro atoms. The zero-order chi connectivity index (χ0) is 23.6. The molecule has 1 heterocycles. The topological polar surface area (TPSA) is 92.6 Å². The Morgan fingerprint density at radius 2 is 1.88 bits per heavy atom. The maximum atomic E-state index is 11.9. The number of guanidine groups is 1. The third-order valence-corrected chi connectivity index (χ3v) is 4.39. The summed E-state index contributed by atoms with van der Waals surface area (Å²) in [5.74, 6) is 2.29. The monoisotopic (exact) mass is 570 g/mol. The van der Waals surface area contributed by atoms with Crippen molar-refractivity contribution in [1.82, 2.24) is 20.2 Å². The zero-order valence-electron chi connectivity index (χ0n) is 20.6. The first kappa shape index (κ1) is 28.7. The normalized spacial score (nSPS) is 11.7. The maximum absolute atomic E-state index is 11.9. The van der Waals surface area contributed by atoms with E-state index in [0.29, 0.717) is 18.2 Å². The van der Waals surface area contributed by atoms with Gasteiger partial charge in [0.25, 0.3) is 0 Å². The summed E-state index contributed by atoms with van der Waals surface area (Å²) in [4.78, 5) is 21.0. The summed E-state index contributed by atoms with van der Waals surface area (Å²) in [5.41, 5.74) is 1.35. The standard InChI is InChI=1S/C24H38N6O2.HI/c1-7-25-22(28-16-21-26-14-15-30(21)17-18(2)3)27-13-12-19-8-10-20(11-9-19)29-23(31)32-24(4,5)6;/h8-11,14-15,18H,7,12-13,16-17H2,1-6H3,(H,29,31)(H2,25,27,28);1H. The molecule has 1 aromatic heterocycles. The Morgan fingerprint density at radius 3 is 2.48 bits per heavy atom. The van der Waals surface area contributed by atoms with Crippen LogP contribution in [0.25, 0.3) is 0 Å². The summed E-state index contributed by atoms with van der Waals surface area (Å²) < 4.78 is 7.43. The molecule has 1 amide bonds. The van der Waals surface area contributed by atoms with E-state index in [2.05, 4.69) is 44.3 Å². The summed E-state index contributed by atoms with van der Waals surface area (Å²) in [6.07, 6.45) is 4.22. The summed E-state index contributed by atoms with van der Waals surface area (Å²) in [7, 11) is 0. The second-order valence-electron chi connectivity index (χ2n) is 9.09. The Morgan fingerprint density at radius 1 is 1.18 bits per heavy atom. The lowest BCUT2D eigenvalue weighted by Gasteiger charge is -2.19. The summed E-state index contributed by atoms with van der Waals surface area (Å²) in [6.45, 7) is 15.0. The van der Waals surface area contributed by atoms with E-state index in [9.17, 15) is 4.79 Å². The van der Waals surface area contributed by atoms with Crippen LogP contribution in [0.2, 0.25) is 0 Å². The third kappa shape index (κ3) is 11.4. The van der Waals surface area contributed by atoms with Gasteiger partial charge in [-0.25, -0.2) is 14.8 Å². The van der Waals surface area contributed by atoms with Crippen LogP contribution in [0.4, 0.5) is 10.5 Å². The Kier molecular flexibility index (Phi) is 12.2. The molecule has 184 valence electrons. The molecule has 1 aromatic carbocycles. The summed E-state index contributed by atoms with van der Waals surface area (Å²) in [6, 6.07) is 7.77. The van der Waals surface area contributed by atoms with Gasteiger partial charge < -0.3 is 19.9 Å². The number of anilines is 1. The van der Waals surface area contributed by atoms with Gasteiger partial charge in [0.05, 0.1) is 0 Å². The highest BCUT2D eigenvalue weighted by Gasteiger charge is 2.16. The van der Waals surface area contributed by atoms with Gasteiger partial charge in [-0.05, 0) is 57.7 Å². The molecular formula is C24H39IN6O2. The van der Waals surface area contributed by atoms with Crippen molar-refractivity contribution in [3.05, 3.63) is 48.0 Å². The van der Waals surface area contributed by atoms with E-state index in [-0.39, 0.29) is 24.0 Å². The van der Waals surface area contributed by atoms with E-state index >= 15 is 0 Å². The number of hydrogen-bond acceptors (Lipinski definition) is 4. The Balaban J connectivity index is 0.00000544. The minimum Gasteiger partial charge on any atom is -0.444 e. The number of nitrogens with one attached hydrogen (secondary N) is 3. The van der Waals surface area contributed by atoms with Gasteiger partial charge in [0.2, 0.25) is 0 Å². The smallest absolute Gasteiger partial charge is 0.412 e. The first-order chi connectivity index (χ1) is 15.2. The first-order valence-electron chi connectivity index (χ1n) is 11.3. The number of hydrogen-bond donors (Lipinski definition) is 3. The van der Waals surface area contributed by atoms with Gasteiger partial charge in [-0.2, -0.15) is 0 Å². The van der Waals surface area contributed by atoms with Crippen LogP contribution in [0.15, 0.2) is 41.7 Å². The molecule has 9 heteroatoms. The number of halogens is 1. The SMILES string of the molecule is CCNC(=NCc1nccn1CC(C)C)NCCc1ccc(NC(=O)OC(C)(C)C)cc1.I. The minimum atomic E-state index is -0.519. The molecule has 0 aliphatic rings. The van der Waals surface area contributed by atoms with Gasteiger partial charge in [0.1, 0.15) is 18.0 Å². The fourth-order valence-corrected chi connectivity index (χ4v) is 3.04. The second-order valence-corrected chi connectivity index (χ2v) is 9.09. The number of amides is 1. The predicted molar refractivity (Wildman–Crippen MR) is 145 cm³/mol. The average Bonchev–Trinajstić information content (AvgIpc) is 3.12. The molecule has 0 bridgehead atoms. The number of carbonyl (C=O) groups is 1. The van der Waals surface area contributed by atoms with Crippen LogP contribution in [0, 0.1) is 5.92 Å². The number of benzene rings is 1. The van der Waals surface area contributed by atoms with Crippen molar-refractivity contribution in [3.63, 3.8) is 0 Å². The molecule has 8 nitrogen and oxygen atoms in total. The number of aliphatic imine (C=N–C) groups is 1. The number of ether oxygens (including phenoxy) is 1. The van der Waals surface area contributed by atoms with E-state index < -0.39 is 11.7 Å². The largest absolute Gasteiger partial charge is 0.444 e. The lowest BCUT2D eigenvalue weighted by atomic mass is 10.1. The molecular weight excluding hydrogens is 531 g/mol. The fourth-order valence-electron chi connectivity index (χ4n) is 3.04. The highest BCUT2D eigenvalue weighted by Crippen LogP contribution is 2.13. The highest BCUT2D eigenvalue weighted by atomic mass is 127. The van der Waals surface area contributed by atoms with Gasteiger partial charge in [-0.15, -0.1) is 24.0 Å². The van der Waals surface area contributed by atoms with E-state index in [4.69, 9.17) is 4.74 Å². The number of imidazole rings is 1. The van der Waals surface area contributed by atoms with Crippen molar-refractivity contribution in [1.29, 1.82) is 0 Å². The van der Waals surface area contributed by atoms with Crippen molar-refractivity contribution in [2.75, 3.05) is 18.4 Å². The van der Waals surface area contributed by atoms with Crippen molar-refractivity contribution in [2.24, 2.45) is 10.9 Å². The van der Waals surface area contributed by atoms with Crippen molar-refractivity contribution in [2.45, 2.75) is 66.7 Å². The number of nitrogens with zero attached hydrogens (tertiary/aromatic N) is 3. The first-order valence-corrected chi connectivity index (χ1v) is 11.3. The Labute approximate surface area is 215 Å². The van der Waals surface area contributed by atoms with Crippen molar-refractivity contribution in [3.8, 4) is 0 Å². The Bertz CT molecular complexity index is 872. The van der Waals surface area contributed by atoms with Crippen molar-refractivity contribution < 1.29 is 9.53 Å². The molecule has 0 radical (unpaired) electrons. The molecule has 33 heavy (non-hydrogen) atoms. The van der Waals surface area contributed by atoms with Gasteiger partial charge in [0.15, 0.2) is 5.96 Å². The van der Waals surface area contributed by atoms with Crippen LogP contribution in [-0.2, 0) is 24.2 Å². The van der Waals surface area contributed by atoms with E-state index in [0.717, 1.165) is 43.4 Å². The van der Waals surface area contributed by atoms with Gasteiger partial charge in [0, 0.05) is 37.7 Å². The van der Waals surface area contributed by atoms with Crippen LogP contribution in [-0.4, -0.2) is 40.3 Å². The Hall–Kier alpha value is -2.30. The molecule has 0 atom stereocenters. The van der Waals surface area contributed by atoms with E-state index in [1.807, 2.05) is 64.4 Å². The molecule has 0 aliphatic heterocycles. The van der Waals surface area contributed by atoms with E-state index in [1.54, 1.807) is 0 Å². The minimum absolute atomic E-state index is 0. The molecule has 3 N–H and O–H groups in total. The van der Waals surface area contributed by atoms with Crippen LogP contribution in [0.1, 0.15) is 52.9 Å².